The summed E-state index contributed by atoms with van der Waals surface area (Å²) in [4.78, 5) is 3.98. The van der Waals surface area contributed by atoms with Crippen LogP contribution in [-0.4, -0.2) is 12.0 Å². The summed E-state index contributed by atoms with van der Waals surface area (Å²) in [7, 11) is 1.91. The predicted molar refractivity (Wildman–Crippen MR) is 46.7 cm³/mol. The van der Waals surface area contributed by atoms with Crippen LogP contribution in [-0.2, 0) is 0 Å². The van der Waals surface area contributed by atoms with Crippen LogP contribution < -0.4 is 5.32 Å². The first kappa shape index (κ1) is 8.50. The number of aromatic nitrogens is 1. The Hall–Kier alpha value is -0.600. The fraction of sp³-hybridized carbons (Fsp3) is 0.375. The van der Waals surface area contributed by atoms with Crippen molar-refractivity contribution >= 4 is 11.6 Å². The number of hydrogen-bond donors (Lipinski definition) is 1. The van der Waals surface area contributed by atoms with Crippen molar-refractivity contribution in [2.45, 2.75) is 13.0 Å². The van der Waals surface area contributed by atoms with Crippen LogP contribution in [0.5, 0.6) is 0 Å². The summed E-state index contributed by atoms with van der Waals surface area (Å²) in [6.07, 6.45) is 3.44. The summed E-state index contributed by atoms with van der Waals surface area (Å²) in [6.45, 7) is 2.06. The minimum absolute atomic E-state index is 0.307. The first-order valence-corrected chi connectivity index (χ1v) is 3.89. The monoisotopic (exact) mass is 170 g/mol. The second kappa shape index (κ2) is 3.69. The van der Waals surface area contributed by atoms with Crippen LogP contribution in [0.25, 0.3) is 0 Å². The van der Waals surface area contributed by atoms with E-state index < -0.39 is 0 Å². The van der Waals surface area contributed by atoms with E-state index in [4.69, 9.17) is 11.6 Å². The normalized spacial score (nSPS) is 13.0. The zero-order valence-electron chi connectivity index (χ0n) is 6.63. The molecule has 0 saturated carbocycles. The number of hydrogen-bond acceptors (Lipinski definition) is 2. The number of halogens is 1. The molecule has 1 atom stereocenters. The summed E-state index contributed by atoms with van der Waals surface area (Å²) in [5, 5.41) is 3.79. The fourth-order valence-corrected chi connectivity index (χ4v) is 1.01. The van der Waals surface area contributed by atoms with Crippen molar-refractivity contribution in [1.29, 1.82) is 0 Å². The molecule has 1 N–H and O–H groups in total. The molecule has 1 unspecified atom stereocenters. The van der Waals surface area contributed by atoms with Gasteiger partial charge in [0.05, 0.1) is 5.02 Å². The molecule has 60 valence electrons. The molecule has 0 radical (unpaired) electrons. The van der Waals surface area contributed by atoms with Gasteiger partial charge in [0.15, 0.2) is 0 Å². The molecule has 1 rings (SSSR count). The molecular weight excluding hydrogens is 160 g/mol. The van der Waals surface area contributed by atoms with Crippen molar-refractivity contribution in [3.05, 3.63) is 29.0 Å². The lowest BCUT2D eigenvalue weighted by atomic mass is 10.1. The number of pyridine rings is 1. The smallest absolute Gasteiger partial charge is 0.0592 e. The molecule has 0 bridgehead atoms. The number of rotatable bonds is 2. The molecule has 0 aliphatic rings. The van der Waals surface area contributed by atoms with Crippen molar-refractivity contribution in [2.24, 2.45) is 0 Å². The van der Waals surface area contributed by atoms with Crippen LogP contribution in [0.1, 0.15) is 18.5 Å². The second-order valence-electron chi connectivity index (χ2n) is 2.45. The molecule has 0 fully saturated rings. The summed E-state index contributed by atoms with van der Waals surface area (Å²) >= 11 is 5.76. The third kappa shape index (κ3) is 2.17. The standard InChI is InChI=1S/C8H11ClN2/c1-6(10-2)7-3-8(9)5-11-4-7/h3-6,10H,1-2H3. The van der Waals surface area contributed by atoms with Gasteiger partial charge >= 0.3 is 0 Å². The molecule has 3 heteroatoms. The van der Waals surface area contributed by atoms with Crippen LogP contribution in [0, 0.1) is 0 Å². The predicted octanol–water partition coefficient (Wildman–Crippen LogP) is 2.02. The van der Waals surface area contributed by atoms with Gasteiger partial charge in [-0.1, -0.05) is 11.6 Å². The van der Waals surface area contributed by atoms with E-state index >= 15 is 0 Å². The maximum atomic E-state index is 5.76. The van der Waals surface area contributed by atoms with Gasteiger partial charge in [0, 0.05) is 18.4 Å². The SMILES string of the molecule is CNC(C)c1cncc(Cl)c1. The molecule has 0 aromatic carbocycles. The number of nitrogens with zero attached hydrogens (tertiary/aromatic N) is 1. The summed E-state index contributed by atoms with van der Waals surface area (Å²) in [6, 6.07) is 2.22. The topological polar surface area (TPSA) is 24.9 Å². The van der Waals surface area contributed by atoms with E-state index in [1.54, 1.807) is 6.20 Å². The summed E-state index contributed by atoms with van der Waals surface area (Å²) in [5.74, 6) is 0. The van der Waals surface area contributed by atoms with Crippen molar-refractivity contribution in [2.75, 3.05) is 7.05 Å². The lowest BCUT2D eigenvalue weighted by Gasteiger charge is -2.09. The maximum absolute atomic E-state index is 5.76. The lowest BCUT2D eigenvalue weighted by molar-refractivity contribution is 0.649. The van der Waals surface area contributed by atoms with Gasteiger partial charge < -0.3 is 5.32 Å². The second-order valence-corrected chi connectivity index (χ2v) is 2.88. The summed E-state index contributed by atoms with van der Waals surface area (Å²) < 4.78 is 0. The van der Waals surface area contributed by atoms with Gasteiger partial charge in [0.25, 0.3) is 0 Å². The zero-order valence-corrected chi connectivity index (χ0v) is 7.39. The van der Waals surface area contributed by atoms with Crippen LogP contribution in [0.3, 0.4) is 0 Å². The van der Waals surface area contributed by atoms with Gasteiger partial charge in [-0.3, -0.25) is 4.98 Å². The van der Waals surface area contributed by atoms with E-state index in [-0.39, 0.29) is 0 Å². The molecule has 1 aromatic rings. The van der Waals surface area contributed by atoms with Crippen molar-refractivity contribution in [1.82, 2.24) is 10.3 Å². The zero-order chi connectivity index (χ0) is 8.27. The van der Waals surface area contributed by atoms with E-state index in [0.29, 0.717) is 11.1 Å². The van der Waals surface area contributed by atoms with E-state index in [1.807, 2.05) is 19.3 Å². The number of nitrogens with one attached hydrogen (secondary N) is 1. The quantitative estimate of drug-likeness (QED) is 0.735. The highest BCUT2D eigenvalue weighted by Gasteiger charge is 2.01. The molecule has 1 aromatic heterocycles. The first-order valence-electron chi connectivity index (χ1n) is 3.51. The molecule has 11 heavy (non-hydrogen) atoms. The molecular formula is C8H11ClN2. The van der Waals surface area contributed by atoms with Gasteiger partial charge in [-0.2, -0.15) is 0 Å². The lowest BCUT2D eigenvalue weighted by Crippen LogP contribution is -2.12. The fourth-order valence-electron chi connectivity index (χ4n) is 0.832. The Labute approximate surface area is 71.6 Å². The van der Waals surface area contributed by atoms with Crippen LogP contribution in [0.15, 0.2) is 18.5 Å². The van der Waals surface area contributed by atoms with Crippen LogP contribution in [0.4, 0.5) is 0 Å². The highest BCUT2D eigenvalue weighted by atomic mass is 35.5. The highest BCUT2D eigenvalue weighted by Crippen LogP contribution is 2.14. The first-order chi connectivity index (χ1) is 5.24. The molecule has 0 saturated heterocycles. The van der Waals surface area contributed by atoms with E-state index in [2.05, 4.69) is 17.2 Å². The largest absolute Gasteiger partial charge is 0.313 e. The molecule has 2 nitrogen and oxygen atoms in total. The summed E-state index contributed by atoms with van der Waals surface area (Å²) in [5.41, 5.74) is 1.11. The molecule has 0 aliphatic heterocycles. The van der Waals surface area contributed by atoms with E-state index in [1.165, 1.54) is 0 Å². The Morgan fingerprint density at radius 2 is 2.27 bits per heavy atom. The van der Waals surface area contributed by atoms with Crippen molar-refractivity contribution in [3.8, 4) is 0 Å². The van der Waals surface area contributed by atoms with Crippen molar-refractivity contribution < 1.29 is 0 Å². The average Bonchev–Trinajstić information content (AvgIpc) is 2.03. The third-order valence-electron chi connectivity index (χ3n) is 1.66. The van der Waals surface area contributed by atoms with Gasteiger partial charge in [-0.05, 0) is 25.6 Å². The average molecular weight is 171 g/mol. The van der Waals surface area contributed by atoms with E-state index in [9.17, 15) is 0 Å². The van der Waals surface area contributed by atoms with Gasteiger partial charge in [-0.15, -0.1) is 0 Å². The van der Waals surface area contributed by atoms with Gasteiger partial charge in [0.2, 0.25) is 0 Å². The molecule has 0 spiro atoms. The van der Waals surface area contributed by atoms with Gasteiger partial charge in [0.1, 0.15) is 0 Å². The molecule has 1 heterocycles. The van der Waals surface area contributed by atoms with Gasteiger partial charge in [-0.25, -0.2) is 0 Å². The van der Waals surface area contributed by atoms with Crippen molar-refractivity contribution in [3.63, 3.8) is 0 Å². The molecule has 0 aliphatic carbocycles. The minimum Gasteiger partial charge on any atom is -0.313 e. The minimum atomic E-state index is 0.307. The Morgan fingerprint density at radius 1 is 1.55 bits per heavy atom. The van der Waals surface area contributed by atoms with Crippen LogP contribution >= 0.6 is 11.6 Å². The van der Waals surface area contributed by atoms with Crippen LogP contribution in [0.2, 0.25) is 5.02 Å². The molecule has 0 amide bonds. The maximum Gasteiger partial charge on any atom is 0.0592 e. The van der Waals surface area contributed by atoms with E-state index in [0.717, 1.165) is 5.56 Å². The Bertz CT molecular complexity index is 237. The third-order valence-corrected chi connectivity index (χ3v) is 1.87. The Morgan fingerprint density at radius 3 is 2.82 bits per heavy atom. The Balaban J connectivity index is 2.86. The highest BCUT2D eigenvalue weighted by molar-refractivity contribution is 6.30. The Kier molecular flexibility index (Phi) is 2.85.